The molecule has 0 rings (SSSR count). The Morgan fingerprint density at radius 1 is 1.47 bits per heavy atom. The number of unbranched alkanes of at least 4 members (excludes halogenated alkanes) is 1. The maximum atomic E-state index is 10.8. The van der Waals surface area contributed by atoms with E-state index in [2.05, 4.69) is 0 Å². The van der Waals surface area contributed by atoms with Gasteiger partial charge in [0.2, 0.25) is 0 Å². The minimum atomic E-state index is -0.314. The first-order chi connectivity index (χ1) is 7.16. The molecule has 1 atom stereocenters. The van der Waals surface area contributed by atoms with Crippen LogP contribution in [0.3, 0.4) is 0 Å². The molecule has 0 aromatic carbocycles. The Morgan fingerprint density at radius 3 is 2.80 bits per heavy atom. The topological polar surface area (TPSA) is 46.5 Å². The van der Waals surface area contributed by atoms with Crippen LogP contribution in [0.1, 0.15) is 33.1 Å². The monoisotopic (exact) mass is 212 g/mol. The van der Waals surface area contributed by atoms with Gasteiger partial charge in [0, 0.05) is 6.08 Å². The number of hydrogen-bond donors (Lipinski definition) is 1. The summed E-state index contributed by atoms with van der Waals surface area (Å²) in [4.78, 5) is 10.8. The van der Waals surface area contributed by atoms with Crippen molar-refractivity contribution in [1.82, 2.24) is 0 Å². The lowest BCUT2D eigenvalue weighted by atomic mass is 10.1. The molecule has 1 N–H and O–H groups in total. The van der Waals surface area contributed by atoms with Crippen LogP contribution in [-0.4, -0.2) is 23.8 Å². The third kappa shape index (κ3) is 10.8. The molecule has 0 aliphatic heterocycles. The van der Waals surface area contributed by atoms with E-state index in [9.17, 15) is 4.79 Å². The maximum absolute atomic E-state index is 10.8. The molecule has 15 heavy (non-hydrogen) atoms. The Kier molecular flexibility index (Phi) is 8.78. The second-order valence-corrected chi connectivity index (χ2v) is 3.32. The average Bonchev–Trinajstić information content (AvgIpc) is 2.16. The van der Waals surface area contributed by atoms with E-state index in [-0.39, 0.29) is 12.1 Å². The van der Waals surface area contributed by atoms with Crippen LogP contribution in [0.2, 0.25) is 0 Å². The zero-order chi connectivity index (χ0) is 11.5. The van der Waals surface area contributed by atoms with Crippen LogP contribution in [0.5, 0.6) is 0 Å². The summed E-state index contributed by atoms with van der Waals surface area (Å²) >= 11 is 0. The van der Waals surface area contributed by atoms with Gasteiger partial charge in [0.05, 0.1) is 12.7 Å². The second kappa shape index (κ2) is 9.46. The number of esters is 1. The quantitative estimate of drug-likeness (QED) is 0.304. The van der Waals surface area contributed by atoms with Crippen molar-refractivity contribution in [2.24, 2.45) is 0 Å². The summed E-state index contributed by atoms with van der Waals surface area (Å²) in [6.07, 6.45) is 9.31. The lowest BCUT2D eigenvalue weighted by molar-refractivity contribution is -0.137. The third-order valence-corrected chi connectivity index (χ3v) is 1.76. The first kappa shape index (κ1) is 13.9. The molecule has 0 aromatic heterocycles. The Bertz CT molecular complexity index is 217. The smallest absolute Gasteiger partial charge is 0.330 e. The number of ether oxygens (including phenoxy) is 1. The predicted octanol–water partition coefficient (Wildman–Crippen LogP) is 2.21. The van der Waals surface area contributed by atoms with Gasteiger partial charge in [-0.25, -0.2) is 4.79 Å². The van der Waals surface area contributed by atoms with Gasteiger partial charge in [-0.05, 0) is 33.1 Å². The number of carbonyl (C=O) groups is 1. The Hall–Kier alpha value is -1.09. The lowest BCUT2D eigenvalue weighted by Gasteiger charge is -1.99. The largest absolute Gasteiger partial charge is 0.463 e. The Balaban J connectivity index is 3.49. The van der Waals surface area contributed by atoms with E-state index in [0.717, 1.165) is 19.3 Å². The molecule has 86 valence electrons. The van der Waals surface area contributed by atoms with Crippen LogP contribution in [-0.2, 0) is 9.53 Å². The van der Waals surface area contributed by atoms with Crippen LogP contribution < -0.4 is 0 Å². The van der Waals surface area contributed by atoms with E-state index < -0.39 is 0 Å². The van der Waals surface area contributed by atoms with E-state index in [0.29, 0.717) is 6.61 Å². The summed E-state index contributed by atoms with van der Waals surface area (Å²) in [5.41, 5.74) is 0. The zero-order valence-corrected chi connectivity index (χ0v) is 9.48. The molecule has 0 saturated carbocycles. The fourth-order valence-electron chi connectivity index (χ4n) is 1.03. The molecule has 0 aromatic rings. The van der Waals surface area contributed by atoms with Gasteiger partial charge < -0.3 is 9.84 Å². The molecule has 0 amide bonds. The van der Waals surface area contributed by atoms with Gasteiger partial charge in [0.25, 0.3) is 0 Å². The molecular weight excluding hydrogens is 192 g/mol. The number of aliphatic hydroxyl groups is 1. The third-order valence-electron chi connectivity index (χ3n) is 1.76. The molecule has 0 heterocycles. The standard InChI is InChI=1S/C12H20O3/c1-3-15-12(14)10-8-6-4-5-7-9-11(2)13/h4,6,8,10-11,13H,3,5,7,9H2,1-2H3/b6-4+,10-8-. The number of rotatable bonds is 7. The molecule has 0 aliphatic rings. The van der Waals surface area contributed by atoms with Crippen molar-refractivity contribution in [2.45, 2.75) is 39.2 Å². The van der Waals surface area contributed by atoms with E-state index in [1.54, 1.807) is 19.9 Å². The van der Waals surface area contributed by atoms with Crippen LogP contribution in [0.15, 0.2) is 24.3 Å². The van der Waals surface area contributed by atoms with Gasteiger partial charge >= 0.3 is 5.97 Å². The Morgan fingerprint density at radius 2 is 2.20 bits per heavy atom. The average molecular weight is 212 g/mol. The molecule has 0 fully saturated rings. The van der Waals surface area contributed by atoms with Crippen molar-refractivity contribution < 1.29 is 14.6 Å². The van der Waals surface area contributed by atoms with Crippen LogP contribution >= 0.6 is 0 Å². The van der Waals surface area contributed by atoms with Crippen LogP contribution in [0, 0.1) is 0 Å². The van der Waals surface area contributed by atoms with Crippen molar-refractivity contribution in [3.8, 4) is 0 Å². The van der Waals surface area contributed by atoms with E-state index in [1.807, 2.05) is 12.2 Å². The summed E-state index contributed by atoms with van der Waals surface area (Å²) in [6.45, 7) is 3.96. The molecule has 0 bridgehead atoms. The number of allylic oxidation sites excluding steroid dienone is 3. The SMILES string of the molecule is CCOC(=O)/C=C\C=C\CCCC(C)O. The van der Waals surface area contributed by atoms with Crippen LogP contribution in [0.4, 0.5) is 0 Å². The first-order valence-corrected chi connectivity index (χ1v) is 5.34. The molecule has 3 nitrogen and oxygen atoms in total. The van der Waals surface area contributed by atoms with Crippen molar-refractivity contribution in [3.63, 3.8) is 0 Å². The second-order valence-electron chi connectivity index (χ2n) is 3.32. The molecule has 1 unspecified atom stereocenters. The van der Waals surface area contributed by atoms with Crippen molar-refractivity contribution in [1.29, 1.82) is 0 Å². The molecule has 0 saturated heterocycles. The highest BCUT2D eigenvalue weighted by Crippen LogP contribution is 2.00. The molecule has 0 spiro atoms. The summed E-state index contributed by atoms with van der Waals surface area (Å²) < 4.78 is 4.71. The number of hydrogen-bond acceptors (Lipinski definition) is 3. The van der Waals surface area contributed by atoms with Gasteiger partial charge in [-0.1, -0.05) is 18.2 Å². The normalized spacial score (nSPS) is 13.5. The summed E-state index contributed by atoms with van der Waals surface area (Å²) in [6, 6.07) is 0. The van der Waals surface area contributed by atoms with Gasteiger partial charge in [0.1, 0.15) is 0 Å². The molecule has 0 radical (unpaired) electrons. The van der Waals surface area contributed by atoms with Crippen molar-refractivity contribution in [2.75, 3.05) is 6.61 Å². The van der Waals surface area contributed by atoms with Crippen LogP contribution in [0.25, 0.3) is 0 Å². The molecule has 3 heteroatoms. The minimum absolute atomic E-state index is 0.228. The highest BCUT2D eigenvalue weighted by Gasteiger charge is 1.92. The number of aliphatic hydroxyl groups excluding tert-OH is 1. The lowest BCUT2D eigenvalue weighted by Crippen LogP contribution is -1.98. The minimum Gasteiger partial charge on any atom is -0.463 e. The highest BCUT2D eigenvalue weighted by atomic mass is 16.5. The van der Waals surface area contributed by atoms with Gasteiger partial charge in [-0.15, -0.1) is 0 Å². The predicted molar refractivity (Wildman–Crippen MR) is 60.4 cm³/mol. The molecule has 0 aliphatic carbocycles. The highest BCUT2D eigenvalue weighted by molar-refractivity contribution is 5.82. The summed E-state index contributed by atoms with van der Waals surface area (Å²) in [5, 5.41) is 8.99. The van der Waals surface area contributed by atoms with Gasteiger partial charge in [-0.3, -0.25) is 0 Å². The fourth-order valence-corrected chi connectivity index (χ4v) is 1.03. The zero-order valence-electron chi connectivity index (χ0n) is 9.48. The van der Waals surface area contributed by atoms with E-state index in [4.69, 9.17) is 9.84 Å². The van der Waals surface area contributed by atoms with Crippen molar-refractivity contribution >= 4 is 5.97 Å². The summed E-state index contributed by atoms with van der Waals surface area (Å²) in [7, 11) is 0. The van der Waals surface area contributed by atoms with E-state index >= 15 is 0 Å². The van der Waals surface area contributed by atoms with E-state index in [1.165, 1.54) is 6.08 Å². The molecular formula is C12H20O3. The Labute approximate surface area is 91.4 Å². The van der Waals surface area contributed by atoms with Crippen molar-refractivity contribution in [3.05, 3.63) is 24.3 Å². The van der Waals surface area contributed by atoms with Gasteiger partial charge in [0.15, 0.2) is 0 Å². The first-order valence-electron chi connectivity index (χ1n) is 5.34. The summed E-state index contributed by atoms with van der Waals surface area (Å²) in [5.74, 6) is -0.314. The fraction of sp³-hybridized carbons (Fsp3) is 0.583. The number of carbonyl (C=O) groups excluding carboxylic acids is 1. The maximum Gasteiger partial charge on any atom is 0.330 e. The van der Waals surface area contributed by atoms with Gasteiger partial charge in [-0.2, -0.15) is 0 Å².